The van der Waals surface area contributed by atoms with Crippen molar-refractivity contribution in [1.29, 1.82) is 0 Å². The van der Waals surface area contributed by atoms with Crippen LogP contribution in [0.3, 0.4) is 0 Å². The number of hydrogen-bond donors (Lipinski definition) is 2. The van der Waals surface area contributed by atoms with Gasteiger partial charge < -0.3 is 24.8 Å². The lowest BCUT2D eigenvalue weighted by Crippen LogP contribution is -2.49. The number of benzene rings is 1. The van der Waals surface area contributed by atoms with Crippen molar-refractivity contribution < 1.29 is 28.6 Å². The Morgan fingerprint density at radius 2 is 1.84 bits per heavy atom. The summed E-state index contributed by atoms with van der Waals surface area (Å²) in [4.78, 5) is 39.9. The molecule has 174 valence electrons. The van der Waals surface area contributed by atoms with Crippen molar-refractivity contribution in [2.24, 2.45) is 17.0 Å². The van der Waals surface area contributed by atoms with Crippen molar-refractivity contribution in [3.8, 4) is 0 Å². The monoisotopic (exact) mass is 447 g/mol. The van der Waals surface area contributed by atoms with Crippen LogP contribution in [-0.4, -0.2) is 49.5 Å². The molecule has 1 aliphatic carbocycles. The minimum absolute atomic E-state index is 0.0614. The predicted octanol–water partition coefficient (Wildman–Crippen LogP) is 3.29. The Morgan fingerprint density at radius 3 is 2.44 bits per heavy atom. The Labute approximate surface area is 186 Å². The molecule has 2 rings (SSSR count). The minimum atomic E-state index is -0.776. The third kappa shape index (κ3) is 7.35. The lowest BCUT2D eigenvalue weighted by Gasteiger charge is -2.28. The van der Waals surface area contributed by atoms with Gasteiger partial charge in [0.05, 0.1) is 19.1 Å². The molecule has 1 fully saturated rings. The van der Waals surface area contributed by atoms with Crippen molar-refractivity contribution in [1.82, 2.24) is 10.6 Å². The maximum absolute atomic E-state index is 12.4. The lowest BCUT2D eigenvalue weighted by atomic mass is 9.96. The van der Waals surface area contributed by atoms with E-state index in [4.69, 9.17) is 19.7 Å². The molecule has 0 saturated heterocycles. The molecule has 1 aliphatic rings. The largest absolute Gasteiger partial charge is 0.469 e. The number of carbonyl (C=O) groups is 3. The normalized spacial score (nSPS) is 22.2. The first-order valence-corrected chi connectivity index (χ1v) is 10.2. The van der Waals surface area contributed by atoms with Crippen LogP contribution < -0.4 is 10.6 Å². The second kappa shape index (κ2) is 11.2. The average Bonchev–Trinajstić information content (AvgIpc) is 3.06. The molecule has 1 aromatic carbocycles. The molecule has 32 heavy (non-hydrogen) atoms. The number of amides is 2. The Kier molecular flexibility index (Phi) is 8.71. The molecule has 0 aliphatic heterocycles. The van der Waals surface area contributed by atoms with Gasteiger partial charge in [-0.15, -0.1) is 0 Å². The number of carbonyl (C=O) groups excluding carboxylic acids is 3. The van der Waals surface area contributed by atoms with E-state index < -0.39 is 47.7 Å². The molecule has 0 aromatic heterocycles. The van der Waals surface area contributed by atoms with Crippen molar-refractivity contribution in [3.63, 3.8) is 0 Å². The molecule has 0 spiro atoms. The summed E-state index contributed by atoms with van der Waals surface area (Å²) in [5.41, 5.74) is 8.86. The SMILES string of the molecule is COC(=O)C1CC(NC(=O)OCc2ccccc2)C(CN=[N+]=[N-])C1NC(=O)OC(C)(C)C. The highest BCUT2D eigenvalue weighted by molar-refractivity contribution is 5.76. The maximum Gasteiger partial charge on any atom is 0.407 e. The minimum Gasteiger partial charge on any atom is -0.469 e. The van der Waals surface area contributed by atoms with Gasteiger partial charge in [-0.3, -0.25) is 4.79 Å². The van der Waals surface area contributed by atoms with E-state index in [0.717, 1.165) is 5.56 Å². The number of nitrogens with zero attached hydrogens (tertiary/aromatic N) is 3. The van der Waals surface area contributed by atoms with Crippen LogP contribution >= 0.6 is 0 Å². The van der Waals surface area contributed by atoms with Crippen molar-refractivity contribution in [3.05, 3.63) is 46.3 Å². The molecule has 0 bridgehead atoms. The number of azide groups is 1. The highest BCUT2D eigenvalue weighted by Crippen LogP contribution is 2.34. The highest BCUT2D eigenvalue weighted by atomic mass is 16.6. The van der Waals surface area contributed by atoms with Crippen molar-refractivity contribution in [2.45, 2.75) is 51.5 Å². The van der Waals surface area contributed by atoms with Crippen molar-refractivity contribution in [2.75, 3.05) is 13.7 Å². The van der Waals surface area contributed by atoms with Crippen LogP contribution in [-0.2, 0) is 25.6 Å². The summed E-state index contributed by atoms with van der Waals surface area (Å²) in [6.07, 6.45) is -1.25. The first-order valence-electron chi connectivity index (χ1n) is 10.2. The fraction of sp³-hybridized carbons (Fsp3) is 0.571. The van der Waals surface area contributed by atoms with Gasteiger partial charge >= 0.3 is 18.2 Å². The number of rotatable bonds is 7. The topological polar surface area (TPSA) is 152 Å². The van der Waals surface area contributed by atoms with Gasteiger partial charge in [-0.1, -0.05) is 35.4 Å². The Hall–Kier alpha value is -3.46. The van der Waals surface area contributed by atoms with Crippen LogP contribution in [0.4, 0.5) is 9.59 Å². The Bertz CT molecular complexity index is 850. The van der Waals surface area contributed by atoms with Crippen molar-refractivity contribution >= 4 is 18.2 Å². The standard InChI is InChI=1S/C21H29N5O6/c1-21(2,3)32-20(29)25-17-14(18(27)30-4)10-16(15(17)11-23-26-22)24-19(28)31-12-13-8-6-5-7-9-13/h5-9,14-17H,10-12H2,1-4H3,(H,24,28)(H,25,29). The quantitative estimate of drug-likeness (QED) is 0.215. The first-order chi connectivity index (χ1) is 15.1. The van der Waals surface area contributed by atoms with Crippen LogP contribution in [0.5, 0.6) is 0 Å². The van der Waals surface area contributed by atoms with E-state index in [1.54, 1.807) is 20.8 Å². The van der Waals surface area contributed by atoms with E-state index in [0.29, 0.717) is 0 Å². The molecular formula is C21H29N5O6. The second-order valence-electron chi connectivity index (χ2n) is 8.43. The number of alkyl carbamates (subject to hydrolysis) is 2. The van der Waals surface area contributed by atoms with Gasteiger partial charge in [0.1, 0.15) is 12.2 Å². The number of ether oxygens (including phenoxy) is 3. The molecule has 2 amide bonds. The third-order valence-corrected chi connectivity index (χ3v) is 4.98. The average molecular weight is 447 g/mol. The summed E-state index contributed by atoms with van der Waals surface area (Å²) in [7, 11) is 1.24. The number of methoxy groups -OCH3 is 1. The van der Waals surface area contributed by atoms with E-state index in [1.807, 2.05) is 30.3 Å². The van der Waals surface area contributed by atoms with E-state index in [9.17, 15) is 14.4 Å². The predicted molar refractivity (Wildman–Crippen MR) is 114 cm³/mol. The van der Waals surface area contributed by atoms with Gasteiger partial charge in [-0.2, -0.15) is 0 Å². The molecule has 11 heteroatoms. The third-order valence-electron chi connectivity index (χ3n) is 4.98. The summed E-state index contributed by atoms with van der Waals surface area (Å²) in [5.74, 6) is -1.91. The van der Waals surface area contributed by atoms with Gasteiger partial charge in [-0.05, 0) is 38.3 Å². The summed E-state index contributed by atoms with van der Waals surface area (Å²) < 4.78 is 15.4. The van der Waals surface area contributed by atoms with E-state index in [1.165, 1.54) is 7.11 Å². The van der Waals surface area contributed by atoms with Gasteiger partial charge in [0.2, 0.25) is 0 Å². The van der Waals surface area contributed by atoms with Crippen LogP contribution in [0, 0.1) is 11.8 Å². The molecule has 0 heterocycles. The molecule has 4 unspecified atom stereocenters. The van der Waals surface area contributed by atoms with Gasteiger partial charge in [0, 0.05) is 23.4 Å². The molecule has 0 radical (unpaired) electrons. The van der Waals surface area contributed by atoms with E-state index in [2.05, 4.69) is 20.7 Å². The molecular weight excluding hydrogens is 418 g/mol. The van der Waals surface area contributed by atoms with Crippen LogP contribution in [0.2, 0.25) is 0 Å². The zero-order valence-electron chi connectivity index (χ0n) is 18.6. The summed E-state index contributed by atoms with van der Waals surface area (Å²) in [6.45, 7) is 5.14. The molecule has 11 nitrogen and oxygen atoms in total. The summed E-state index contributed by atoms with van der Waals surface area (Å²) in [6, 6.07) is 7.78. The summed E-state index contributed by atoms with van der Waals surface area (Å²) >= 11 is 0. The van der Waals surface area contributed by atoms with Gasteiger partial charge in [-0.25, -0.2) is 9.59 Å². The Balaban J connectivity index is 2.15. The smallest absolute Gasteiger partial charge is 0.407 e. The highest BCUT2D eigenvalue weighted by Gasteiger charge is 2.48. The van der Waals surface area contributed by atoms with E-state index in [-0.39, 0.29) is 19.6 Å². The van der Waals surface area contributed by atoms with Crippen LogP contribution in [0.1, 0.15) is 32.8 Å². The van der Waals surface area contributed by atoms with Crippen LogP contribution in [0.15, 0.2) is 35.4 Å². The number of esters is 1. The summed E-state index contributed by atoms with van der Waals surface area (Å²) in [5, 5.41) is 9.01. The maximum atomic E-state index is 12.4. The number of hydrogen-bond acceptors (Lipinski definition) is 7. The molecule has 1 aromatic rings. The first kappa shape index (κ1) is 24.8. The Morgan fingerprint density at radius 1 is 1.16 bits per heavy atom. The lowest BCUT2D eigenvalue weighted by molar-refractivity contribution is -0.146. The van der Waals surface area contributed by atoms with Crippen LogP contribution in [0.25, 0.3) is 10.4 Å². The van der Waals surface area contributed by atoms with Gasteiger partial charge in [0.25, 0.3) is 0 Å². The van der Waals surface area contributed by atoms with E-state index >= 15 is 0 Å². The van der Waals surface area contributed by atoms with Gasteiger partial charge in [0.15, 0.2) is 0 Å². The molecule has 1 saturated carbocycles. The molecule has 4 atom stereocenters. The zero-order chi connectivity index (χ0) is 23.7. The fourth-order valence-electron chi connectivity index (χ4n) is 3.64. The number of nitrogens with one attached hydrogen (secondary N) is 2. The zero-order valence-corrected chi connectivity index (χ0v) is 18.6. The molecule has 2 N–H and O–H groups in total. The second-order valence-corrected chi connectivity index (χ2v) is 8.43. The fourth-order valence-corrected chi connectivity index (χ4v) is 3.64.